The molecule has 1 saturated heterocycles. The Labute approximate surface area is 210 Å². The van der Waals surface area contributed by atoms with Gasteiger partial charge in [-0.05, 0) is 61.4 Å². The van der Waals surface area contributed by atoms with Crippen LogP contribution in [0.2, 0.25) is 0 Å². The second kappa shape index (κ2) is 10.2. The van der Waals surface area contributed by atoms with Crippen molar-refractivity contribution in [2.75, 3.05) is 18.8 Å². The van der Waals surface area contributed by atoms with Crippen LogP contribution in [0.15, 0.2) is 63.7 Å². The maximum absolute atomic E-state index is 12.9. The Bertz CT molecular complexity index is 1120. The van der Waals surface area contributed by atoms with E-state index in [0.29, 0.717) is 36.8 Å². The zero-order valence-corrected chi connectivity index (χ0v) is 21.7. The van der Waals surface area contributed by atoms with Gasteiger partial charge in [0, 0.05) is 51.4 Å². The Morgan fingerprint density at radius 2 is 1.70 bits per heavy atom. The monoisotopic (exact) mass is 572 g/mol. The molecule has 1 aliphatic heterocycles. The third kappa shape index (κ3) is 5.93. The number of rotatable bonds is 5. The number of carbonyl (C=O) groups excluding carboxylic acids is 1. The fraction of sp³-hybridized carbons (Fsp3) is 0.280. The van der Waals surface area contributed by atoms with Crippen LogP contribution in [0.25, 0.3) is 11.1 Å². The van der Waals surface area contributed by atoms with Crippen molar-refractivity contribution in [3.63, 3.8) is 0 Å². The summed E-state index contributed by atoms with van der Waals surface area (Å²) in [6.45, 7) is 5.98. The molecule has 0 spiro atoms. The third-order valence-corrected chi connectivity index (χ3v) is 6.42. The topological polar surface area (TPSA) is 80.5 Å². The molecule has 6 nitrogen and oxygen atoms in total. The summed E-state index contributed by atoms with van der Waals surface area (Å²) in [5.74, 6) is 0.912. The van der Waals surface area contributed by atoms with Crippen LogP contribution in [0.4, 0.5) is 5.82 Å². The van der Waals surface area contributed by atoms with E-state index >= 15 is 0 Å². The van der Waals surface area contributed by atoms with Gasteiger partial charge in [0.1, 0.15) is 6.61 Å². The number of hydrogen-bond donors (Lipinski definition) is 2. The van der Waals surface area contributed by atoms with E-state index in [-0.39, 0.29) is 18.0 Å². The van der Waals surface area contributed by atoms with E-state index < -0.39 is 0 Å². The number of benzene rings is 2. The van der Waals surface area contributed by atoms with Crippen LogP contribution in [-0.2, 0) is 6.61 Å². The van der Waals surface area contributed by atoms with E-state index in [1.807, 2.05) is 53.4 Å². The van der Waals surface area contributed by atoms with Crippen molar-refractivity contribution in [2.24, 2.45) is 0 Å². The van der Waals surface area contributed by atoms with E-state index in [9.17, 15) is 4.79 Å². The zero-order chi connectivity index (χ0) is 23.5. The predicted molar refractivity (Wildman–Crippen MR) is 138 cm³/mol. The summed E-state index contributed by atoms with van der Waals surface area (Å²) in [6, 6.07) is 16.0. The van der Waals surface area contributed by atoms with E-state index in [0.717, 1.165) is 25.6 Å². The second-order valence-electron chi connectivity index (χ2n) is 8.43. The fourth-order valence-electron chi connectivity index (χ4n) is 4.06. The summed E-state index contributed by atoms with van der Waals surface area (Å²) in [6.07, 6.45) is 1.72. The third-order valence-electron chi connectivity index (χ3n) is 5.51. The number of pyridine rings is 1. The van der Waals surface area contributed by atoms with Gasteiger partial charge in [-0.3, -0.25) is 4.79 Å². The van der Waals surface area contributed by atoms with Crippen molar-refractivity contribution in [2.45, 2.75) is 32.5 Å². The summed E-state index contributed by atoms with van der Waals surface area (Å²) in [5, 5.41) is 3.45. The number of carbonyl (C=O) groups is 1. The van der Waals surface area contributed by atoms with Gasteiger partial charge < -0.3 is 20.7 Å². The van der Waals surface area contributed by atoms with Crippen LogP contribution >= 0.6 is 31.9 Å². The van der Waals surface area contributed by atoms with Gasteiger partial charge in [-0.25, -0.2) is 4.98 Å². The van der Waals surface area contributed by atoms with Gasteiger partial charge in [0.15, 0.2) is 11.6 Å². The molecular formula is C25H26Br2N4O2. The summed E-state index contributed by atoms with van der Waals surface area (Å²) in [7, 11) is 0. The quantitative estimate of drug-likeness (QED) is 0.435. The van der Waals surface area contributed by atoms with Crippen molar-refractivity contribution in [3.05, 3.63) is 74.8 Å². The summed E-state index contributed by atoms with van der Waals surface area (Å²) < 4.78 is 7.90. The molecule has 1 aliphatic rings. The first-order valence-electron chi connectivity index (χ1n) is 10.8. The van der Waals surface area contributed by atoms with E-state index in [2.05, 4.69) is 56.0 Å². The largest absolute Gasteiger partial charge is 0.485 e. The number of nitrogen functional groups attached to an aromatic ring is 1. The molecule has 2 heterocycles. The number of nitrogens with one attached hydrogen (secondary N) is 1. The van der Waals surface area contributed by atoms with Gasteiger partial charge in [-0.1, -0.05) is 44.0 Å². The van der Waals surface area contributed by atoms with Crippen molar-refractivity contribution >= 4 is 43.6 Å². The molecule has 3 aromatic rings. The highest BCUT2D eigenvalue weighted by molar-refractivity contribution is 9.11. The number of ether oxygens (including phenoxy) is 1. The van der Waals surface area contributed by atoms with Crippen LogP contribution < -0.4 is 15.8 Å². The van der Waals surface area contributed by atoms with Crippen molar-refractivity contribution in [1.82, 2.24) is 15.2 Å². The second-order valence-corrected chi connectivity index (χ2v) is 10.3. The highest BCUT2D eigenvalue weighted by Crippen LogP contribution is 2.29. The molecule has 1 aromatic heterocycles. The molecule has 1 fully saturated rings. The van der Waals surface area contributed by atoms with Crippen LogP contribution in [0.1, 0.15) is 29.8 Å². The average molecular weight is 574 g/mol. The van der Waals surface area contributed by atoms with E-state index in [1.165, 1.54) is 0 Å². The molecule has 1 amide bonds. The molecule has 172 valence electrons. The first-order valence-corrected chi connectivity index (χ1v) is 12.4. The van der Waals surface area contributed by atoms with Crippen LogP contribution in [0, 0.1) is 0 Å². The minimum atomic E-state index is 0.0568. The average Bonchev–Trinajstić information content (AvgIpc) is 2.77. The lowest BCUT2D eigenvalue weighted by atomic mass is 10.0. The lowest BCUT2D eigenvalue weighted by Crippen LogP contribution is -2.55. The molecule has 33 heavy (non-hydrogen) atoms. The van der Waals surface area contributed by atoms with Gasteiger partial charge in [-0.15, -0.1) is 0 Å². The molecule has 2 aromatic carbocycles. The molecule has 0 bridgehead atoms. The molecule has 0 aliphatic carbocycles. The summed E-state index contributed by atoms with van der Waals surface area (Å²) >= 11 is 6.98. The fourth-order valence-corrected chi connectivity index (χ4v) is 5.45. The first kappa shape index (κ1) is 23.7. The molecule has 3 N–H and O–H groups in total. The lowest BCUT2D eigenvalue weighted by Gasteiger charge is -2.36. The number of piperazine rings is 1. The minimum absolute atomic E-state index is 0.0568. The first-order chi connectivity index (χ1) is 15.8. The molecular weight excluding hydrogens is 548 g/mol. The summed E-state index contributed by atoms with van der Waals surface area (Å²) in [4.78, 5) is 19.2. The number of halogens is 2. The lowest BCUT2D eigenvalue weighted by molar-refractivity contribution is 0.0674. The van der Waals surface area contributed by atoms with Crippen molar-refractivity contribution in [3.8, 4) is 16.9 Å². The molecule has 2 atom stereocenters. The van der Waals surface area contributed by atoms with Crippen LogP contribution in [0.5, 0.6) is 5.75 Å². The van der Waals surface area contributed by atoms with Gasteiger partial charge in [-0.2, -0.15) is 0 Å². The maximum atomic E-state index is 12.9. The van der Waals surface area contributed by atoms with Gasteiger partial charge in [0.2, 0.25) is 0 Å². The predicted octanol–water partition coefficient (Wildman–Crippen LogP) is 5.26. The van der Waals surface area contributed by atoms with Crippen molar-refractivity contribution < 1.29 is 9.53 Å². The Morgan fingerprint density at radius 1 is 1.06 bits per heavy atom. The normalized spacial score (nSPS) is 18.2. The van der Waals surface area contributed by atoms with Gasteiger partial charge in [0.25, 0.3) is 5.91 Å². The Balaban J connectivity index is 1.48. The van der Waals surface area contributed by atoms with Gasteiger partial charge in [0.05, 0.1) is 0 Å². The molecule has 2 unspecified atom stereocenters. The Kier molecular flexibility index (Phi) is 7.36. The van der Waals surface area contributed by atoms with Crippen molar-refractivity contribution in [1.29, 1.82) is 0 Å². The maximum Gasteiger partial charge on any atom is 0.253 e. The molecule has 0 saturated carbocycles. The van der Waals surface area contributed by atoms with E-state index in [4.69, 9.17) is 10.5 Å². The number of anilines is 1. The Morgan fingerprint density at radius 3 is 2.33 bits per heavy atom. The smallest absolute Gasteiger partial charge is 0.253 e. The number of nitrogens with zero attached hydrogens (tertiary/aromatic N) is 2. The van der Waals surface area contributed by atoms with Crippen LogP contribution in [0.3, 0.4) is 0 Å². The number of hydrogen-bond acceptors (Lipinski definition) is 5. The molecule has 4 rings (SSSR count). The number of aromatic nitrogens is 1. The highest BCUT2D eigenvalue weighted by Gasteiger charge is 2.25. The SMILES string of the molecule is CC1CN(C(=O)c2ccc(-c3cnc(N)c(OCc4cc(Br)cc(Br)c4)c3)cc2)CC(C)N1. The number of amides is 1. The Hall–Kier alpha value is -2.42. The van der Waals surface area contributed by atoms with Crippen LogP contribution in [-0.4, -0.2) is 41.0 Å². The molecule has 8 heteroatoms. The zero-order valence-electron chi connectivity index (χ0n) is 18.5. The molecule has 0 radical (unpaired) electrons. The van der Waals surface area contributed by atoms with E-state index in [1.54, 1.807) is 6.20 Å². The number of nitrogens with two attached hydrogens (primary N) is 1. The summed E-state index contributed by atoms with van der Waals surface area (Å²) in [5.41, 5.74) is 9.55. The van der Waals surface area contributed by atoms with Gasteiger partial charge >= 0.3 is 0 Å². The minimum Gasteiger partial charge on any atom is -0.485 e. The highest BCUT2D eigenvalue weighted by atomic mass is 79.9. The standard InChI is InChI=1S/C25H26Br2N4O2/c1-15-12-31(13-16(2)30-15)25(32)19-5-3-18(4-6-19)20-9-23(24(28)29-11-20)33-14-17-7-21(26)10-22(27)8-17/h3-11,15-16,30H,12-14H2,1-2H3,(H2,28,29).